The van der Waals surface area contributed by atoms with Crippen LogP contribution in [0.2, 0.25) is 0 Å². The molecule has 1 aliphatic heterocycles. The molecule has 0 bridgehead atoms. The maximum absolute atomic E-state index is 12.3. The molecule has 0 aliphatic carbocycles. The Balaban J connectivity index is 1.89. The molecule has 26 heavy (non-hydrogen) atoms. The quantitative estimate of drug-likeness (QED) is 0.853. The van der Waals surface area contributed by atoms with Gasteiger partial charge in [0.1, 0.15) is 5.75 Å². The Kier molecular flexibility index (Phi) is 5.56. The first-order chi connectivity index (χ1) is 12.5. The third-order valence-corrected chi connectivity index (χ3v) is 5.10. The highest BCUT2D eigenvalue weighted by Crippen LogP contribution is 2.42. The molecule has 1 aromatic carbocycles. The van der Waals surface area contributed by atoms with Crippen LogP contribution in [0.15, 0.2) is 28.8 Å². The first kappa shape index (κ1) is 18.4. The summed E-state index contributed by atoms with van der Waals surface area (Å²) in [5.74, 6) is 2.19. The third kappa shape index (κ3) is 3.72. The van der Waals surface area contributed by atoms with Crippen molar-refractivity contribution in [1.82, 2.24) is 20.4 Å². The average Bonchev–Trinajstić information content (AvgIpc) is 3.12. The molecule has 7 heteroatoms. The minimum Gasteiger partial charge on any atom is -0.497 e. The summed E-state index contributed by atoms with van der Waals surface area (Å²) < 4.78 is 10.8. The number of likely N-dealkylation sites (N-methyl/N-ethyl adjacent to an activating group) is 2. The summed E-state index contributed by atoms with van der Waals surface area (Å²) in [5.41, 5.74) is 1.04. The fourth-order valence-corrected chi connectivity index (χ4v) is 3.43. The van der Waals surface area contributed by atoms with Crippen LogP contribution in [0.5, 0.6) is 5.75 Å². The van der Waals surface area contributed by atoms with Gasteiger partial charge < -0.3 is 19.5 Å². The first-order valence-electron chi connectivity index (χ1n) is 8.92. The van der Waals surface area contributed by atoms with Crippen LogP contribution in [0.25, 0.3) is 0 Å². The number of benzene rings is 1. The molecule has 1 saturated heterocycles. The number of rotatable bonds is 6. The van der Waals surface area contributed by atoms with Crippen molar-refractivity contribution < 1.29 is 14.1 Å². The van der Waals surface area contributed by atoms with E-state index in [-0.39, 0.29) is 23.9 Å². The number of piperidine rings is 1. The Hall–Kier alpha value is -2.41. The Bertz CT molecular complexity index is 743. The summed E-state index contributed by atoms with van der Waals surface area (Å²) in [7, 11) is 5.39. The van der Waals surface area contributed by atoms with Gasteiger partial charge >= 0.3 is 0 Å². The van der Waals surface area contributed by atoms with Gasteiger partial charge in [-0.15, -0.1) is 0 Å². The zero-order valence-electron chi connectivity index (χ0n) is 15.7. The molecule has 2 heterocycles. The highest BCUT2D eigenvalue weighted by Gasteiger charge is 2.38. The summed E-state index contributed by atoms with van der Waals surface area (Å²) in [4.78, 5) is 18.7. The Labute approximate surface area is 153 Å². The third-order valence-electron chi connectivity index (χ3n) is 5.10. The number of hydrogen-bond acceptors (Lipinski definition) is 6. The Morgan fingerprint density at radius 2 is 2.12 bits per heavy atom. The molecule has 7 nitrogen and oxygen atoms in total. The van der Waals surface area contributed by atoms with Gasteiger partial charge in [0, 0.05) is 25.9 Å². The lowest BCUT2D eigenvalue weighted by molar-refractivity contribution is -0.135. The minimum atomic E-state index is -0.128. The maximum Gasteiger partial charge on any atom is 0.232 e. The number of nitrogens with zero attached hydrogens (tertiary/aromatic N) is 3. The number of carbonyl (C=O) groups is 1. The predicted octanol–water partition coefficient (Wildman–Crippen LogP) is 2.31. The van der Waals surface area contributed by atoms with E-state index in [2.05, 4.69) is 22.4 Å². The van der Waals surface area contributed by atoms with Gasteiger partial charge in [-0.3, -0.25) is 4.79 Å². The van der Waals surface area contributed by atoms with Gasteiger partial charge in [0.05, 0.1) is 19.1 Å². The van der Waals surface area contributed by atoms with E-state index in [1.54, 1.807) is 12.0 Å². The van der Waals surface area contributed by atoms with Gasteiger partial charge in [-0.25, -0.2) is 0 Å². The monoisotopic (exact) mass is 358 g/mol. The molecule has 1 aromatic heterocycles. The highest BCUT2D eigenvalue weighted by molar-refractivity contribution is 5.77. The topological polar surface area (TPSA) is 80.5 Å². The number of hydrogen-bond donors (Lipinski definition) is 1. The zero-order valence-corrected chi connectivity index (χ0v) is 15.7. The second-order valence-electron chi connectivity index (χ2n) is 6.81. The molecule has 3 unspecified atom stereocenters. The second-order valence-corrected chi connectivity index (χ2v) is 6.81. The van der Waals surface area contributed by atoms with E-state index in [1.165, 1.54) is 0 Å². The second kappa shape index (κ2) is 7.86. The number of likely N-dealkylation sites (tertiary alicyclic amines) is 1. The van der Waals surface area contributed by atoms with E-state index >= 15 is 0 Å². The fourth-order valence-electron chi connectivity index (χ4n) is 3.43. The van der Waals surface area contributed by atoms with Crippen molar-refractivity contribution in [1.29, 1.82) is 0 Å². The van der Waals surface area contributed by atoms with Gasteiger partial charge in [-0.2, -0.15) is 4.98 Å². The van der Waals surface area contributed by atoms with Gasteiger partial charge in [-0.05, 0) is 38.1 Å². The van der Waals surface area contributed by atoms with E-state index in [9.17, 15) is 4.79 Å². The van der Waals surface area contributed by atoms with Crippen molar-refractivity contribution in [2.45, 2.75) is 44.2 Å². The van der Waals surface area contributed by atoms with Crippen molar-refractivity contribution >= 4 is 5.91 Å². The standard InChI is InChI=1S/C19H26N4O3/c1-12(20-2)11-16-21-19(26-22-16)15-9-10-17(24)23(3)18(15)13-5-7-14(25-4)8-6-13/h5-8,12,15,18,20H,9-11H2,1-4H3. The summed E-state index contributed by atoms with van der Waals surface area (Å²) in [6.45, 7) is 2.07. The predicted molar refractivity (Wildman–Crippen MR) is 97.0 cm³/mol. The normalized spacial score (nSPS) is 21.7. The molecule has 0 radical (unpaired) electrons. The maximum atomic E-state index is 12.3. The molecule has 1 aliphatic rings. The first-order valence-corrected chi connectivity index (χ1v) is 8.92. The lowest BCUT2D eigenvalue weighted by Gasteiger charge is -2.37. The zero-order chi connectivity index (χ0) is 18.7. The average molecular weight is 358 g/mol. The van der Waals surface area contributed by atoms with Crippen LogP contribution >= 0.6 is 0 Å². The molecule has 0 spiro atoms. The number of amides is 1. The van der Waals surface area contributed by atoms with E-state index in [1.807, 2.05) is 38.4 Å². The number of ether oxygens (including phenoxy) is 1. The van der Waals surface area contributed by atoms with Crippen LogP contribution in [0.3, 0.4) is 0 Å². The summed E-state index contributed by atoms with van der Waals surface area (Å²) in [5, 5.41) is 7.30. The summed E-state index contributed by atoms with van der Waals surface area (Å²) in [6.07, 6.45) is 1.89. The largest absolute Gasteiger partial charge is 0.497 e. The van der Waals surface area contributed by atoms with Gasteiger partial charge in [0.2, 0.25) is 11.8 Å². The summed E-state index contributed by atoms with van der Waals surface area (Å²) in [6, 6.07) is 7.95. The molecule has 1 N–H and O–H groups in total. The lowest BCUT2D eigenvalue weighted by Crippen LogP contribution is -2.39. The molecule has 3 atom stereocenters. The molecule has 1 fully saturated rings. The van der Waals surface area contributed by atoms with Crippen molar-refractivity contribution in [2.24, 2.45) is 0 Å². The SMILES string of the molecule is CNC(C)Cc1noc(C2CCC(=O)N(C)C2c2ccc(OC)cc2)n1. The van der Waals surface area contributed by atoms with Gasteiger partial charge in [0.15, 0.2) is 5.82 Å². The van der Waals surface area contributed by atoms with Crippen LogP contribution in [0.4, 0.5) is 0 Å². The van der Waals surface area contributed by atoms with E-state index in [4.69, 9.17) is 9.26 Å². The molecular weight excluding hydrogens is 332 g/mol. The van der Waals surface area contributed by atoms with Crippen molar-refractivity contribution in [2.75, 3.05) is 21.2 Å². The van der Waals surface area contributed by atoms with Crippen LogP contribution in [0.1, 0.15) is 49.0 Å². The van der Waals surface area contributed by atoms with E-state index in [0.717, 1.165) is 11.3 Å². The van der Waals surface area contributed by atoms with E-state index < -0.39 is 0 Å². The fraction of sp³-hybridized carbons (Fsp3) is 0.526. The molecule has 140 valence electrons. The number of nitrogens with one attached hydrogen (secondary N) is 1. The number of methoxy groups -OCH3 is 1. The van der Waals surface area contributed by atoms with Crippen molar-refractivity contribution in [3.8, 4) is 5.75 Å². The van der Waals surface area contributed by atoms with Crippen LogP contribution in [-0.2, 0) is 11.2 Å². The number of aromatic nitrogens is 2. The highest BCUT2D eigenvalue weighted by atomic mass is 16.5. The molecule has 0 saturated carbocycles. The molecule has 1 amide bonds. The molecular formula is C19H26N4O3. The van der Waals surface area contributed by atoms with Crippen LogP contribution in [0, 0.1) is 0 Å². The van der Waals surface area contributed by atoms with Crippen molar-refractivity contribution in [3.05, 3.63) is 41.5 Å². The molecule has 3 rings (SSSR count). The van der Waals surface area contributed by atoms with Crippen LogP contribution in [-0.4, -0.2) is 48.2 Å². The molecule has 2 aromatic rings. The minimum absolute atomic E-state index is 0.0164. The van der Waals surface area contributed by atoms with Gasteiger partial charge in [0.25, 0.3) is 0 Å². The van der Waals surface area contributed by atoms with E-state index in [0.29, 0.717) is 31.0 Å². The van der Waals surface area contributed by atoms with Crippen molar-refractivity contribution in [3.63, 3.8) is 0 Å². The van der Waals surface area contributed by atoms with Gasteiger partial charge in [-0.1, -0.05) is 17.3 Å². The number of carbonyl (C=O) groups excluding carboxylic acids is 1. The van der Waals surface area contributed by atoms with Crippen LogP contribution < -0.4 is 10.1 Å². The Morgan fingerprint density at radius 1 is 1.38 bits per heavy atom. The Morgan fingerprint density at radius 3 is 2.77 bits per heavy atom. The lowest BCUT2D eigenvalue weighted by atomic mass is 9.84. The summed E-state index contributed by atoms with van der Waals surface area (Å²) >= 11 is 0. The smallest absolute Gasteiger partial charge is 0.232 e.